The highest BCUT2D eigenvalue weighted by molar-refractivity contribution is 5.70. The van der Waals surface area contributed by atoms with Gasteiger partial charge in [0.25, 0.3) is 0 Å². The van der Waals surface area contributed by atoms with Crippen LogP contribution in [-0.2, 0) is 4.74 Å². The third-order valence-corrected chi connectivity index (χ3v) is 2.32. The Bertz CT molecular complexity index is 449. The van der Waals surface area contributed by atoms with Crippen LogP contribution >= 0.6 is 0 Å². The second-order valence-corrected chi connectivity index (χ2v) is 5.21. The lowest BCUT2D eigenvalue weighted by Gasteiger charge is -2.26. The lowest BCUT2D eigenvalue weighted by molar-refractivity contribution is 0.0522. The second-order valence-electron chi connectivity index (χ2n) is 5.21. The van der Waals surface area contributed by atoms with Gasteiger partial charge in [0.1, 0.15) is 11.4 Å². The zero-order valence-corrected chi connectivity index (χ0v) is 12.5. The van der Waals surface area contributed by atoms with Crippen molar-refractivity contribution in [3.63, 3.8) is 0 Å². The van der Waals surface area contributed by atoms with E-state index in [9.17, 15) is 4.79 Å². The molecule has 0 spiro atoms. The molecular weight excluding hydrogens is 256 g/mol. The number of ether oxygens (including phenoxy) is 2. The highest BCUT2D eigenvalue weighted by atomic mass is 16.6. The number of hydrogen-bond acceptors (Lipinski definition) is 4. The van der Waals surface area contributed by atoms with E-state index in [0.717, 1.165) is 11.4 Å². The van der Waals surface area contributed by atoms with Crippen LogP contribution in [0, 0.1) is 0 Å². The van der Waals surface area contributed by atoms with E-state index in [1.54, 1.807) is 18.2 Å². The molecule has 20 heavy (non-hydrogen) atoms. The number of hydrogen-bond donors (Lipinski definition) is 1. The van der Waals surface area contributed by atoms with Gasteiger partial charge in [-0.25, -0.2) is 10.2 Å². The first kappa shape index (κ1) is 15.9. The first-order chi connectivity index (χ1) is 9.35. The van der Waals surface area contributed by atoms with Crippen molar-refractivity contribution in [2.24, 2.45) is 0 Å². The van der Waals surface area contributed by atoms with Crippen LogP contribution in [0.3, 0.4) is 0 Å². The molecule has 0 heterocycles. The molecule has 1 amide bonds. The van der Waals surface area contributed by atoms with E-state index < -0.39 is 11.7 Å². The molecule has 0 aromatic heterocycles. The Hall–Kier alpha value is -2.17. The lowest BCUT2D eigenvalue weighted by Crippen LogP contribution is -2.45. The van der Waals surface area contributed by atoms with E-state index >= 15 is 0 Å². The summed E-state index contributed by atoms with van der Waals surface area (Å²) in [4.78, 5) is 11.8. The Morgan fingerprint density at radius 2 is 1.95 bits per heavy atom. The molecule has 1 aromatic carbocycles. The van der Waals surface area contributed by atoms with Gasteiger partial charge in [0.2, 0.25) is 0 Å². The van der Waals surface area contributed by atoms with Crippen LogP contribution in [0.2, 0.25) is 0 Å². The van der Waals surface area contributed by atoms with Crippen molar-refractivity contribution in [1.29, 1.82) is 0 Å². The summed E-state index contributed by atoms with van der Waals surface area (Å²) in [5.74, 6) is 0.754. The average molecular weight is 278 g/mol. The maximum absolute atomic E-state index is 11.8. The molecule has 0 atom stereocenters. The molecule has 0 unspecified atom stereocenters. The molecule has 0 aliphatic heterocycles. The molecule has 1 aromatic rings. The topological polar surface area (TPSA) is 50.8 Å². The first-order valence-electron chi connectivity index (χ1n) is 6.38. The third-order valence-electron chi connectivity index (χ3n) is 2.32. The predicted molar refractivity (Wildman–Crippen MR) is 79.9 cm³/mol. The van der Waals surface area contributed by atoms with E-state index in [4.69, 9.17) is 9.47 Å². The fourth-order valence-electron chi connectivity index (χ4n) is 1.52. The Kier molecular flexibility index (Phi) is 5.43. The van der Waals surface area contributed by atoms with Gasteiger partial charge in [0.15, 0.2) is 0 Å². The number of hydrazine groups is 1. The number of anilines is 1. The Labute approximate surface area is 120 Å². The quantitative estimate of drug-likeness (QED) is 0.664. The highest BCUT2D eigenvalue weighted by Gasteiger charge is 2.18. The number of carbonyl (C=O) groups is 1. The smallest absolute Gasteiger partial charge is 0.426 e. The molecule has 0 bridgehead atoms. The molecule has 110 valence electrons. The maximum atomic E-state index is 11.8. The zero-order chi connectivity index (χ0) is 15.2. The number of amides is 1. The SMILES string of the molecule is C=CCN(NC(=O)OC(C)(C)C)c1ccc(OC)cc1. The summed E-state index contributed by atoms with van der Waals surface area (Å²) >= 11 is 0. The van der Waals surface area contributed by atoms with Crippen molar-refractivity contribution < 1.29 is 14.3 Å². The van der Waals surface area contributed by atoms with Crippen molar-refractivity contribution in [2.45, 2.75) is 26.4 Å². The van der Waals surface area contributed by atoms with Gasteiger partial charge in [0, 0.05) is 0 Å². The number of benzene rings is 1. The third kappa shape index (κ3) is 5.22. The molecule has 5 nitrogen and oxygen atoms in total. The van der Waals surface area contributed by atoms with Gasteiger partial charge in [-0.1, -0.05) is 6.08 Å². The zero-order valence-electron chi connectivity index (χ0n) is 12.5. The van der Waals surface area contributed by atoms with Gasteiger partial charge < -0.3 is 9.47 Å². The molecule has 1 N–H and O–H groups in total. The Balaban J connectivity index is 2.77. The van der Waals surface area contributed by atoms with Crippen molar-refractivity contribution in [3.8, 4) is 5.75 Å². The molecule has 0 saturated heterocycles. The van der Waals surface area contributed by atoms with Crippen LogP contribution in [0.4, 0.5) is 10.5 Å². The van der Waals surface area contributed by atoms with E-state index in [2.05, 4.69) is 12.0 Å². The predicted octanol–water partition coefficient (Wildman–Crippen LogP) is 3.13. The van der Waals surface area contributed by atoms with Crippen LogP contribution in [0.15, 0.2) is 36.9 Å². The molecule has 1 rings (SSSR count). The number of rotatable bonds is 5. The Morgan fingerprint density at radius 1 is 1.35 bits per heavy atom. The summed E-state index contributed by atoms with van der Waals surface area (Å²) in [5.41, 5.74) is 2.97. The van der Waals surface area contributed by atoms with Crippen molar-refractivity contribution >= 4 is 11.8 Å². The largest absolute Gasteiger partial charge is 0.497 e. The van der Waals surface area contributed by atoms with E-state index in [0.29, 0.717) is 6.54 Å². The van der Waals surface area contributed by atoms with Crippen LogP contribution in [0.1, 0.15) is 20.8 Å². The van der Waals surface area contributed by atoms with Gasteiger partial charge in [-0.2, -0.15) is 0 Å². The summed E-state index contributed by atoms with van der Waals surface area (Å²) in [7, 11) is 1.61. The summed E-state index contributed by atoms with van der Waals surface area (Å²) in [6.07, 6.45) is 1.19. The van der Waals surface area contributed by atoms with Crippen LogP contribution < -0.4 is 15.2 Å². The minimum absolute atomic E-state index is 0.464. The van der Waals surface area contributed by atoms with Gasteiger partial charge in [-0.3, -0.25) is 5.01 Å². The van der Waals surface area contributed by atoms with E-state index in [-0.39, 0.29) is 0 Å². The minimum Gasteiger partial charge on any atom is -0.497 e. The van der Waals surface area contributed by atoms with E-state index in [1.807, 2.05) is 45.0 Å². The summed E-state index contributed by atoms with van der Waals surface area (Å²) in [5, 5.41) is 1.65. The summed E-state index contributed by atoms with van der Waals surface area (Å²) < 4.78 is 10.3. The average Bonchev–Trinajstić information content (AvgIpc) is 2.36. The number of nitrogens with one attached hydrogen (secondary N) is 1. The van der Waals surface area contributed by atoms with Crippen molar-refractivity contribution in [3.05, 3.63) is 36.9 Å². The molecule has 0 aliphatic carbocycles. The minimum atomic E-state index is -0.538. The highest BCUT2D eigenvalue weighted by Crippen LogP contribution is 2.18. The monoisotopic (exact) mass is 278 g/mol. The van der Waals surface area contributed by atoms with Crippen molar-refractivity contribution in [2.75, 3.05) is 18.7 Å². The molecule has 5 heteroatoms. The van der Waals surface area contributed by atoms with Crippen LogP contribution in [0.25, 0.3) is 0 Å². The number of methoxy groups -OCH3 is 1. The normalized spacial score (nSPS) is 10.6. The molecule has 0 fully saturated rings. The molecule has 0 radical (unpaired) electrons. The van der Waals surface area contributed by atoms with Gasteiger partial charge >= 0.3 is 6.09 Å². The first-order valence-corrected chi connectivity index (χ1v) is 6.38. The van der Waals surface area contributed by atoms with E-state index in [1.165, 1.54) is 0 Å². The molecule has 0 aliphatic rings. The van der Waals surface area contributed by atoms with Crippen molar-refractivity contribution in [1.82, 2.24) is 5.43 Å². The summed E-state index contributed by atoms with van der Waals surface area (Å²) in [6, 6.07) is 7.34. The second kappa shape index (κ2) is 6.84. The molecular formula is C15H22N2O3. The fraction of sp³-hybridized carbons (Fsp3) is 0.400. The van der Waals surface area contributed by atoms with Crippen LogP contribution in [0.5, 0.6) is 5.75 Å². The fourth-order valence-corrected chi connectivity index (χ4v) is 1.52. The van der Waals surface area contributed by atoms with Gasteiger partial charge in [-0.15, -0.1) is 6.58 Å². The number of nitrogens with zero attached hydrogens (tertiary/aromatic N) is 1. The molecule has 0 saturated carbocycles. The lowest BCUT2D eigenvalue weighted by atomic mass is 10.2. The number of carbonyl (C=O) groups excluding carboxylic acids is 1. The van der Waals surface area contributed by atoms with Gasteiger partial charge in [0.05, 0.1) is 19.3 Å². The summed E-state index contributed by atoms with van der Waals surface area (Å²) in [6.45, 7) is 9.60. The maximum Gasteiger partial charge on any atom is 0.426 e. The van der Waals surface area contributed by atoms with Crippen LogP contribution in [-0.4, -0.2) is 25.3 Å². The van der Waals surface area contributed by atoms with Gasteiger partial charge in [-0.05, 0) is 45.0 Å². The Morgan fingerprint density at radius 3 is 2.40 bits per heavy atom. The standard InChI is InChI=1S/C15H22N2O3/c1-6-11-17(16-14(18)20-15(2,3)4)12-7-9-13(19-5)10-8-12/h6-10H,1,11H2,2-5H3,(H,16,18).